The van der Waals surface area contributed by atoms with Crippen molar-refractivity contribution in [2.24, 2.45) is 0 Å². The minimum absolute atomic E-state index is 0.0221. The SMILES string of the molecule is Cc1cccc2nc(CNC(=O)CCCn3cncn3)cn12. The highest BCUT2D eigenvalue weighted by Gasteiger charge is 2.06. The van der Waals surface area contributed by atoms with Gasteiger partial charge in [-0.15, -0.1) is 0 Å². The van der Waals surface area contributed by atoms with E-state index in [1.165, 1.54) is 6.33 Å². The number of fused-ring (bicyclic) bond motifs is 1. The lowest BCUT2D eigenvalue weighted by atomic mass is 10.3. The summed E-state index contributed by atoms with van der Waals surface area (Å²) in [5.74, 6) is 0.0221. The normalized spacial score (nSPS) is 11.0. The van der Waals surface area contributed by atoms with Gasteiger partial charge in [-0.3, -0.25) is 9.48 Å². The van der Waals surface area contributed by atoms with Gasteiger partial charge in [-0.2, -0.15) is 5.10 Å². The summed E-state index contributed by atoms with van der Waals surface area (Å²) in [6, 6.07) is 5.96. The van der Waals surface area contributed by atoms with Crippen LogP contribution in [0.4, 0.5) is 0 Å². The summed E-state index contributed by atoms with van der Waals surface area (Å²) in [5.41, 5.74) is 2.88. The lowest BCUT2D eigenvalue weighted by Crippen LogP contribution is -2.23. The van der Waals surface area contributed by atoms with Crippen LogP contribution in [0.5, 0.6) is 0 Å². The average molecular weight is 298 g/mol. The molecular formula is C15H18N6O. The number of amides is 1. The highest BCUT2D eigenvalue weighted by Crippen LogP contribution is 2.08. The Labute approximate surface area is 128 Å². The van der Waals surface area contributed by atoms with Crippen molar-refractivity contribution in [1.29, 1.82) is 0 Å². The van der Waals surface area contributed by atoms with Crippen LogP contribution in [0.15, 0.2) is 37.1 Å². The van der Waals surface area contributed by atoms with Crippen LogP contribution >= 0.6 is 0 Å². The number of carbonyl (C=O) groups excluding carboxylic acids is 1. The lowest BCUT2D eigenvalue weighted by molar-refractivity contribution is -0.121. The maximum absolute atomic E-state index is 11.8. The Bertz CT molecular complexity index is 762. The Hall–Kier alpha value is -2.70. The van der Waals surface area contributed by atoms with Gasteiger partial charge in [0.05, 0.1) is 12.2 Å². The predicted octanol–water partition coefficient (Wildman–Crippen LogP) is 1.33. The Morgan fingerprint density at radius 3 is 3.05 bits per heavy atom. The van der Waals surface area contributed by atoms with Crippen LogP contribution in [0.1, 0.15) is 24.2 Å². The van der Waals surface area contributed by atoms with Crippen LogP contribution in [0.3, 0.4) is 0 Å². The molecule has 0 spiro atoms. The largest absolute Gasteiger partial charge is 0.350 e. The molecule has 3 heterocycles. The number of hydrogen-bond donors (Lipinski definition) is 1. The summed E-state index contributed by atoms with van der Waals surface area (Å²) in [5, 5.41) is 6.90. The molecule has 3 aromatic heterocycles. The van der Waals surface area contributed by atoms with Crippen LogP contribution < -0.4 is 5.32 Å². The molecule has 0 atom stereocenters. The second kappa shape index (κ2) is 6.38. The van der Waals surface area contributed by atoms with Crippen LogP contribution in [-0.2, 0) is 17.9 Å². The van der Waals surface area contributed by atoms with E-state index in [9.17, 15) is 4.79 Å². The molecule has 1 N–H and O–H groups in total. The minimum Gasteiger partial charge on any atom is -0.350 e. The molecule has 0 aliphatic heterocycles. The number of rotatable bonds is 6. The van der Waals surface area contributed by atoms with E-state index in [2.05, 4.69) is 20.4 Å². The van der Waals surface area contributed by atoms with Gasteiger partial charge in [0.15, 0.2) is 0 Å². The molecule has 0 aliphatic rings. The summed E-state index contributed by atoms with van der Waals surface area (Å²) < 4.78 is 3.74. The molecule has 3 rings (SSSR count). The third-order valence-electron chi connectivity index (χ3n) is 3.47. The molecule has 114 valence electrons. The van der Waals surface area contributed by atoms with Crippen molar-refractivity contribution in [2.75, 3.05) is 0 Å². The molecule has 0 radical (unpaired) electrons. The standard InChI is InChI=1S/C15H18N6O/c1-12-4-2-5-14-19-13(9-21(12)14)8-17-15(22)6-3-7-20-11-16-10-18-20/h2,4-5,9-11H,3,6-8H2,1H3,(H,17,22). The van der Waals surface area contributed by atoms with Crippen molar-refractivity contribution < 1.29 is 4.79 Å². The van der Waals surface area contributed by atoms with E-state index in [0.29, 0.717) is 19.5 Å². The number of hydrogen-bond acceptors (Lipinski definition) is 4. The summed E-state index contributed by atoms with van der Waals surface area (Å²) >= 11 is 0. The second-order valence-electron chi connectivity index (χ2n) is 5.17. The highest BCUT2D eigenvalue weighted by atomic mass is 16.1. The van der Waals surface area contributed by atoms with Crippen LogP contribution in [0.2, 0.25) is 0 Å². The molecule has 0 fully saturated rings. The Balaban J connectivity index is 1.48. The van der Waals surface area contributed by atoms with Crippen molar-refractivity contribution >= 4 is 11.6 Å². The van der Waals surface area contributed by atoms with Gasteiger partial charge >= 0.3 is 0 Å². The summed E-state index contributed by atoms with van der Waals surface area (Å²) in [7, 11) is 0. The zero-order chi connectivity index (χ0) is 15.4. The number of aromatic nitrogens is 5. The van der Waals surface area contributed by atoms with E-state index in [-0.39, 0.29) is 5.91 Å². The van der Waals surface area contributed by atoms with Crippen LogP contribution in [0, 0.1) is 6.92 Å². The number of carbonyl (C=O) groups is 1. The van der Waals surface area contributed by atoms with Crippen molar-refractivity contribution in [3.63, 3.8) is 0 Å². The van der Waals surface area contributed by atoms with Gasteiger partial charge in [0, 0.05) is 24.9 Å². The van der Waals surface area contributed by atoms with Gasteiger partial charge in [0.2, 0.25) is 5.91 Å². The molecule has 3 aromatic rings. The molecule has 7 heteroatoms. The molecule has 22 heavy (non-hydrogen) atoms. The van der Waals surface area contributed by atoms with Crippen LogP contribution in [-0.4, -0.2) is 30.1 Å². The average Bonchev–Trinajstić information content (AvgIpc) is 3.15. The zero-order valence-corrected chi connectivity index (χ0v) is 12.4. The number of nitrogens with zero attached hydrogens (tertiary/aromatic N) is 5. The molecule has 0 saturated carbocycles. The first-order valence-electron chi connectivity index (χ1n) is 7.25. The summed E-state index contributed by atoms with van der Waals surface area (Å²) in [6.45, 7) is 3.17. The van der Waals surface area contributed by atoms with Gasteiger partial charge in [-0.25, -0.2) is 9.97 Å². The molecule has 0 aromatic carbocycles. The fraction of sp³-hybridized carbons (Fsp3) is 0.333. The van der Waals surface area contributed by atoms with E-state index >= 15 is 0 Å². The number of aryl methyl sites for hydroxylation is 2. The van der Waals surface area contributed by atoms with Crippen molar-refractivity contribution in [1.82, 2.24) is 29.5 Å². The fourth-order valence-corrected chi connectivity index (χ4v) is 2.31. The zero-order valence-electron chi connectivity index (χ0n) is 12.4. The fourth-order valence-electron chi connectivity index (χ4n) is 2.31. The van der Waals surface area contributed by atoms with Gasteiger partial charge < -0.3 is 9.72 Å². The molecule has 0 unspecified atom stereocenters. The van der Waals surface area contributed by atoms with Gasteiger partial charge in [0.1, 0.15) is 18.3 Å². The smallest absolute Gasteiger partial charge is 0.220 e. The third-order valence-corrected chi connectivity index (χ3v) is 3.47. The van der Waals surface area contributed by atoms with Gasteiger partial charge in [-0.1, -0.05) is 6.07 Å². The van der Waals surface area contributed by atoms with Gasteiger partial charge in [-0.05, 0) is 25.5 Å². The number of pyridine rings is 1. The molecule has 1 amide bonds. The predicted molar refractivity (Wildman–Crippen MR) is 81.0 cm³/mol. The van der Waals surface area contributed by atoms with E-state index in [4.69, 9.17) is 0 Å². The topological polar surface area (TPSA) is 77.1 Å². The Morgan fingerprint density at radius 1 is 1.36 bits per heavy atom. The molecule has 0 aliphatic carbocycles. The maximum atomic E-state index is 11.8. The first-order valence-corrected chi connectivity index (χ1v) is 7.25. The van der Waals surface area contributed by atoms with Crippen molar-refractivity contribution in [2.45, 2.75) is 32.9 Å². The monoisotopic (exact) mass is 298 g/mol. The molecule has 0 saturated heterocycles. The maximum Gasteiger partial charge on any atom is 0.220 e. The quantitative estimate of drug-likeness (QED) is 0.745. The molecule has 0 bridgehead atoms. The van der Waals surface area contributed by atoms with Gasteiger partial charge in [0.25, 0.3) is 0 Å². The van der Waals surface area contributed by atoms with E-state index in [1.807, 2.05) is 35.7 Å². The number of imidazole rings is 1. The second-order valence-corrected chi connectivity index (χ2v) is 5.17. The first-order chi connectivity index (χ1) is 10.7. The minimum atomic E-state index is 0.0221. The van der Waals surface area contributed by atoms with E-state index in [1.54, 1.807) is 11.0 Å². The van der Waals surface area contributed by atoms with Crippen LogP contribution in [0.25, 0.3) is 5.65 Å². The first kappa shape index (κ1) is 14.2. The summed E-state index contributed by atoms with van der Waals surface area (Å²) in [4.78, 5) is 20.2. The van der Waals surface area contributed by atoms with Crippen molar-refractivity contribution in [3.05, 3.63) is 48.4 Å². The third kappa shape index (κ3) is 3.30. The summed E-state index contributed by atoms with van der Waals surface area (Å²) in [6.07, 6.45) is 6.30. The Morgan fingerprint density at radius 2 is 2.27 bits per heavy atom. The lowest BCUT2D eigenvalue weighted by Gasteiger charge is -2.03. The number of nitrogens with one attached hydrogen (secondary N) is 1. The van der Waals surface area contributed by atoms with Crippen molar-refractivity contribution in [3.8, 4) is 0 Å². The van der Waals surface area contributed by atoms with E-state index in [0.717, 1.165) is 23.5 Å². The molecule has 7 nitrogen and oxygen atoms in total. The molecular weight excluding hydrogens is 280 g/mol. The van der Waals surface area contributed by atoms with E-state index < -0.39 is 0 Å². The highest BCUT2D eigenvalue weighted by molar-refractivity contribution is 5.75. The Kier molecular flexibility index (Phi) is 4.13.